The fourth-order valence-corrected chi connectivity index (χ4v) is 2.39. The molecule has 0 radical (unpaired) electrons. The SMILES string of the molecule is Cc1nn(C)c(C)c1C(=O)C(=O)N(C)C(C)c1cccnc1. The van der Waals surface area contributed by atoms with Crippen LogP contribution >= 0.6 is 0 Å². The largest absolute Gasteiger partial charge is 0.332 e. The van der Waals surface area contributed by atoms with Gasteiger partial charge in [-0.25, -0.2) is 0 Å². The Labute approximate surface area is 129 Å². The Bertz CT molecular complexity index is 706. The maximum Gasteiger partial charge on any atom is 0.295 e. The van der Waals surface area contributed by atoms with E-state index in [1.54, 1.807) is 51.1 Å². The van der Waals surface area contributed by atoms with Gasteiger partial charge in [0.25, 0.3) is 11.7 Å². The van der Waals surface area contributed by atoms with Crippen LogP contribution in [0.15, 0.2) is 24.5 Å². The summed E-state index contributed by atoms with van der Waals surface area (Å²) >= 11 is 0. The number of likely N-dealkylation sites (N-methyl/N-ethyl adjacent to an activating group) is 1. The predicted octanol–water partition coefficient (Wildman–Crippen LogP) is 1.83. The van der Waals surface area contributed by atoms with Crippen LogP contribution in [0.5, 0.6) is 0 Å². The molecule has 0 aliphatic rings. The number of aryl methyl sites for hydroxylation is 2. The third-order valence-electron chi connectivity index (χ3n) is 4.00. The molecular formula is C16H20N4O2. The quantitative estimate of drug-likeness (QED) is 0.638. The Morgan fingerprint density at radius 2 is 2.00 bits per heavy atom. The number of Topliss-reactive ketones (excluding diaryl/α,β-unsaturated/α-hetero) is 1. The van der Waals surface area contributed by atoms with E-state index in [1.165, 1.54) is 4.90 Å². The molecule has 2 heterocycles. The maximum absolute atomic E-state index is 12.5. The van der Waals surface area contributed by atoms with Crippen molar-refractivity contribution in [1.29, 1.82) is 0 Å². The lowest BCUT2D eigenvalue weighted by molar-refractivity contribution is -0.127. The van der Waals surface area contributed by atoms with Crippen molar-refractivity contribution < 1.29 is 9.59 Å². The number of amides is 1. The van der Waals surface area contributed by atoms with Crippen LogP contribution in [0, 0.1) is 13.8 Å². The van der Waals surface area contributed by atoms with Gasteiger partial charge in [-0.3, -0.25) is 19.3 Å². The van der Waals surface area contributed by atoms with E-state index in [4.69, 9.17) is 0 Å². The molecule has 2 rings (SSSR count). The van der Waals surface area contributed by atoms with Crippen LogP contribution in [0.2, 0.25) is 0 Å². The van der Waals surface area contributed by atoms with E-state index in [2.05, 4.69) is 10.1 Å². The first kappa shape index (κ1) is 15.9. The Morgan fingerprint density at radius 3 is 2.50 bits per heavy atom. The molecule has 0 bridgehead atoms. The van der Waals surface area contributed by atoms with Crippen molar-refractivity contribution in [2.45, 2.75) is 26.8 Å². The second-order valence-electron chi connectivity index (χ2n) is 5.38. The van der Waals surface area contributed by atoms with E-state index in [1.807, 2.05) is 13.0 Å². The van der Waals surface area contributed by atoms with Crippen molar-refractivity contribution in [3.63, 3.8) is 0 Å². The molecule has 0 fully saturated rings. The summed E-state index contributed by atoms with van der Waals surface area (Å²) in [5.41, 5.74) is 2.53. The molecule has 6 nitrogen and oxygen atoms in total. The minimum atomic E-state index is -0.546. The van der Waals surface area contributed by atoms with Gasteiger partial charge in [-0.2, -0.15) is 5.10 Å². The number of nitrogens with zero attached hydrogens (tertiary/aromatic N) is 4. The average Bonchev–Trinajstić information content (AvgIpc) is 2.78. The van der Waals surface area contributed by atoms with E-state index >= 15 is 0 Å². The van der Waals surface area contributed by atoms with Gasteiger partial charge < -0.3 is 4.90 Å². The van der Waals surface area contributed by atoms with Gasteiger partial charge in [-0.1, -0.05) is 6.07 Å². The summed E-state index contributed by atoms with van der Waals surface area (Å²) in [6.45, 7) is 5.38. The maximum atomic E-state index is 12.5. The zero-order valence-electron chi connectivity index (χ0n) is 13.5. The number of carbonyl (C=O) groups excluding carboxylic acids is 2. The van der Waals surface area contributed by atoms with Gasteiger partial charge in [0.15, 0.2) is 0 Å². The van der Waals surface area contributed by atoms with Crippen molar-refractivity contribution in [3.8, 4) is 0 Å². The fourth-order valence-electron chi connectivity index (χ4n) is 2.39. The molecule has 1 unspecified atom stereocenters. The molecule has 0 aromatic carbocycles. The van der Waals surface area contributed by atoms with Gasteiger partial charge >= 0.3 is 0 Å². The molecule has 1 amide bonds. The van der Waals surface area contributed by atoms with Gasteiger partial charge in [0.2, 0.25) is 0 Å². The highest BCUT2D eigenvalue weighted by molar-refractivity contribution is 6.43. The normalized spacial score (nSPS) is 12.0. The average molecular weight is 300 g/mol. The van der Waals surface area contributed by atoms with Crippen molar-refractivity contribution in [3.05, 3.63) is 47.0 Å². The molecule has 1 atom stereocenters. The summed E-state index contributed by atoms with van der Waals surface area (Å²) in [6, 6.07) is 3.45. The van der Waals surface area contributed by atoms with Crippen LogP contribution in [-0.2, 0) is 11.8 Å². The molecule has 0 aliphatic heterocycles. The van der Waals surface area contributed by atoms with Crippen LogP contribution in [0.25, 0.3) is 0 Å². The van der Waals surface area contributed by atoms with Crippen molar-refractivity contribution in [2.75, 3.05) is 7.05 Å². The number of rotatable bonds is 4. The Hall–Kier alpha value is -2.50. The van der Waals surface area contributed by atoms with Crippen LogP contribution < -0.4 is 0 Å². The van der Waals surface area contributed by atoms with Crippen LogP contribution in [0.1, 0.15) is 40.3 Å². The fraction of sp³-hybridized carbons (Fsp3) is 0.375. The van der Waals surface area contributed by atoms with Gasteiger partial charge in [-0.15, -0.1) is 0 Å². The number of hydrogen-bond acceptors (Lipinski definition) is 4. The predicted molar refractivity (Wildman–Crippen MR) is 82.4 cm³/mol. The van der Waals surface area contributed by atoms with Crippen LogP contribution in [0.4, 0.5) is 0 Å². The van der Waals surface area contributed by atoms with E-state index in [0.717, 1.165) is 5.56 Å². The Balaban J connectivity index is 2.25. The second kappa shape index (κ2) is 6.09. The molecule has 116 valence electrons. The first-order valence-electron chi connectivity index (χ1n) is 7.06. The van der Waals surface area contributed by atoms with Crippen molar-refractivity contribution in [1.82, 2.24) is 19.7 Å². The van der Waals surface area contributed by atoms with Gasteiger partial charge in [0.05, 0.1) is 17.3 Å². The van der Waals surface area contributed by atoms with E-state index in [9.17, 15) is 9.59 Å². The molecule has 6 heteroatoms. The standard InChI is InChI=1S/C16H20N4O2/c1-10-14(12(3)20(5)18-10)15(21)16(22)19(4)11(2)13-7-6-8-17-9-13/h6-9,11H,1-5H3. The molecule has 0 saturated carbocycles. The number of carbonyl (C=O) groups is 2. The first-order chi connectivity index (χ1) is 10.3. The zero-order chi connectivity index (χ0) is 16.4. The molecule has 0 spiro atoms. The first-order valence-corrected chi connectivity index (χ1v) is 7.06. The topological polar surface area (TPSA) is 68.1 Å². The summed E-state index contributed by atoms with van der Waals surface area (Å²) in [4.78, 5) is 30.5. The lowest BCUT2D eigenvalue weighted by atomic mass is 10.1. The van der Waals surface area contributed by atoms with Crippen LogP contribution in [0.3, 0.4) is 0 Å². The molecule has 2 aromatic rings. The van der Waals surface area contributed by atoms with E-state index in [-0.39, 0.29) is 6.04 Å². The highest BCUT2D eigenvalue weighted by Gasteiger charge is 2.29. The molecule has 0 aliphatic carbocycles. The van der Waals surface area contributed by atoms with Crippen molar-refractivity contribution >= 4 is 11.7 Å². The third-order valence-corrected chi connectivity index (χ3v) is 4.00. The number of ketones is 1. The number of pyridine rings is 1. The lowest BCUT2D eigenvalue weighted by Gasteiger charge is -2.24. The molecule has 2 aromatic heterocycles. The Morgan fingerprint density at radius 1 is 1.32 bits per heavy atom. The molecule has 22 heavy (non-hydrogen) atoms. The molecule has 0 saturated heterocycles. The number of hydrogen-bond donors (Lipinski definition) is 0. The third kappa shape index (κ3) is 2.77. The van der Waals surface area contributed by atoms with Gasteiger partial charge in [-0.05, 0) is 32.4 Å². The molecular weight excluding hydrogens is 280 g/mol. The lowest BCUT2D eigenvalue weighted by Crippen LogP contribution is -2.35. The van der Waals surface area contributed by atoms with Crippen molar-refractivity contribution in [2.24, 2.45) is 7.05 Å². The number of aromatic nitrogens is 3. The summed E-state index contributed by atoms with van der Waals surface area (Å²) in [5.74, 6) is -1.07. The minimum absolute atomic E-state index is 0.234. The highest BCUT2D eigenvalue weighted by Crippen LogP contribution is 2.20. The summed E-state index contributed by atoms with van der Waals surface area (Å²) < 4.78 is 1.61. The minimum Gasteiger partial charge on any atom is -0.332 e. The van der Waals surface area contributed by atoms with E-state index in [0.29, 0.717) is 17.0 Å². The summed E-state index contributed by atoms with van der Waals surface area (Å²) in [5, 5.41) is 4.19. The van der Waals surface area contributed by atoms with E-state index < -0.39 is 11.7 Å². The summed E-state index contributed by atoms with van der Waals surface area (Å²) in [7, 11) is 3.38. The summed E-state index contributed by atoms with van der Waals surface area (Å²) in [6.07, 6.45) is 3.37. The van der Waals surface area contributed by atoms with Gasteiger partial charge in [0, 0.05) is 32.2 Å². The Kier molecular flexibility index (Phi) is 4.40. The van der Waals surface area contributed by atoms with Gasteiger partial charge in [0.1, 0.15) is 0 Å². The van der Waals surface area contributed by atoms with Crippen LogP contribution in [-0.4, -0.2) is 38.4 Å². The molecule has 0 N–H and O–H groups in total. The smallest absolute Gasteiger partial charge is 0.295 e. The highest BCUT2D eigenvalue weighted by atomic mass is 16.2. The zero-order valence-corrected chi connectivity index (χ0v) is 13.5. The monoisotopic (exact) mass is 300 g/mol. The second-order valence-corrected chi connectivity index (χ2v) is 5.38.